The Hall–Kier alpha value is -1.98. The predicted molar refractivity (Wildman–Crippen MR) is 98.7 cm³/mol. The van der Waals surface area contributed by atoms with Crippen molar-refractivity contribution in [1.82, 2.24) is 5.43 Å². The molecule has 2 aromatic carbocycles. The standard InChI is InChI=1S/C17H18ClN3OS/c1-21(2)15-7-3-13(4-8-15)11-19-20-17(22)12-23-16-9-5-14(18)6-10-16/h3-11H,12H2,1-2H3,(H,20,22)/b19-11+. The maximum Gasteiger partial charge on any atom is 0.250 e. The van der Waals surface area contributed by atoms with Gasteiger partial charge in [-0.1, -0.05) is 23.7 Å². The Balaban J connectivity index is 1.78. The van der Waals surface area contributed by atoms with E-state index in [-0.39, 0.29) is 5.91 Å². The lowest BCUT2D eigenvalue weighted by atomic mass is 10.2. The molecule has 0 saturated carbocycles. The third-order valence-electron chi connectivity index (χ3n) is 3.00. The number of benzene rings is 2. The molecule has 0 aliphatic rings. The Morgan fingerprint density at radius 1 is 1.17 bits per heavy atom. The molecule has 23 heavy (non-hydrogen) atoms. The van der Waals surface area contributed by atoms with Crippen LogP contribution in [0.25, 0.3) is 0 Å². The van der Waals surface area contributed by atoms with E-state index < -0.39 is 0 Å². The van der Waals surface area contributed by atoms with Gasteiger partial charge in [0, 0.05) is 29.7 Å². The lowest BCUT2D eigenvalue weighted by Gasteiger charge is -2.11. The number of amides is 1. The van der Waals surface area contributed by atoms with E-state index in [0.717, 1.165) is 16.1 Å². The number of rotatable bonds is 6. The lowest BCUT2D eigenvalue weighted by molar-refractivity contribution is -0.118. The Kier molecular flexibility index (Phi) is 6.50. The molecule has 0 spiro atoms. The minimum Gasteiger partial charge on any atom is -0.378 e. The molecule has 0 bridgehead atoms. The molecular formula is C17H18ClN3OS. The van der Waals surface area contributed by atoms with Gasteiger partial charge in [-0.3, -0.25) is 4.79 Å². The quantitative estimate of drug-likeness (QED) is 0.493. The number of hydrogen-bond donors (Lipinski definition) is 1. The van der Waals surface area contributed by atoms with Crippen molar-refractivity contribution in [1.29, 1.82) is 0 Å². The molecule has 0 saturated heterocycles. The minimum absolute atomic E-state index is 0.147. The molecule has 0 unspecified atom stereocenters. The summed E-state index contributed by atoms with van der Waals surface area (Å²) in [6.45, 7) is 0. The van der Waals surface area contributed by atoms with Crippen molar-refractivity contribution in [2.45, 2.75) is 4.90 Å². The van der Waals surface area contributed by atoms with Crippen LogP contribution in [0.2, 0.25) is 5.02 Å². The molecule has 1 N–H and O–H groups in total. The summed E-state index contributed by atoms with van der Waals surface area (Å²) in [7, 11) is 3.98. The van der Waals surface area contributed by atoms with Crippen LogP contribution in [0.15, 0.2) is 58.5 Å². The molecule has 0 atom stereocenters. The second-order valence-electron chi connectivity index (χ2n) is 5.02. The third-order valence-corrected chi connectivity index (χ3v) is 4.26. The zero-order valence-electron chi connectivity index (χ0n) is 13.0. The van der Waals surface area contributed by atoms with Crippen molar-refractivity contribution in [2.75, 3.05) is 24.7 Å². The number of nitrogens with zero attached hydrogens (tertiary/aromatic N) is 2. The summed E-state index contributed by atoms with van der Waals surface area (Å²) in [5, 5.41) is 4.65. The first-order valence-electron chi connectivity index (χ1n) is 7.02. The van der Waals surface area contributed by atoms with Crippen LogP contribution in [0.4, 0.5) is 5.69 Å². The normalized spacial score (nSPS) is 10.7. The molecule has 0 radical (unpaired) electrons. The first kappa shape index (κ1) is 17.4. The molecule has 0 aliphatic carbocycles. The second kappa shape index (κ2) is 8.60. The fraction of sp³-hybridized carbons (Fsp3) is 0.176. The van der Waals surface area contributed by atoms with Gasteiger partial charge in [0.25, 0.3) is 0 Å². The lowest BCUT2D eigenvalue weighted by Crippen LogP contribution is -2.19. The summed E-state index contributed by atoms with van der Waals surface area (Å²) in [6.07, 6.45) is 1.63. The van der Waals surface area contributed by atoms with E-state index in [0.29, 0.717) is 10.8 Å². The van der Waals surface area contributed by atoms with Crippen LogP contribution in [0.1, 0.15) is 5.56 Å². The number of carbonyl (C=O) groups is 1. The number of hydrazone groups is 1. The summed E-state index contributed by atoms with van der Waals surface area (Å²) in [5.74, 6) is 0.157. The van der Waals surface area contributed by atoms with Gasteiger partial charge in [0.05, 0.1) is 12.0 Å². The molecule has 0 fully saturated rings. The molecular weight excluding hydrogens is 330 g/mol. The zero-order chi connectivity index (χ0) is 16.7. The topological polar surface area (TPSA) is 44.7 Å². The summed E-state index contributed by atoms with van der Waals surface area (Å²) in [4.78, 5) is 14.8. The van der Waals surface area contributed by atoms with Crippen molar-refractivity contribution in [3.05, 3.63) is 59.1 Å². The molecule has 0 aromatic heterocycles. The van der Waals surface area contributed by atoms with E-state index in [1.165, 1.54) is 11.8 Å². The van der Waals surface area contributed by atoms with Gasteiger partial charge in [0.2, 0.25) is 5.91 Å². The highest BCUT2D eigenvalue weighted by Crippen LogP contribution is 2.19. The molecule has 0 heterocycles. The maximum atomic E-state index is 11.7. The first-order chi connectivity index (χ1) is 11.0. The monoisotopic (exact) mass is 347 g/mol. The van der Waals surface area contributed by atoms with E-state index in [1.54, 1.807) is 18.3 Å². The fourth-order valence-corrected chi connectivity index (χ4v) is 2.57. The van der Waals surface area contributed by atoms with Crippen molar-refractivity contribution in [3.8, 4) is 0 Å². The number of hydrogen-bond acceptors (Lipinski definition) is 4. The molecule has 0 aliphatic heterocycles. The molecule has 2 rings (SSSR count). The molecule has 4 nitrogen and oxygen atoms in total. The van der Waals surface area contributed by atoms with Crippen LogP contribution in [0.5, 0.6) is 0 Å². The Bertz CT molecular complexity index is 669. The number of anilines is 1. The SMILES string of the molecule is CN(C)c1ccc(/C=N/NC(=O)CSc2ccc(Cl)cc2)cc1. The summed E-state index contributed by atoms with van der Waals surface area (Å²) in [6, 6.07) is 15.3. The van der Waals surface area contributed by atoms with Crippen molar-refractivity contribution >= 4 is 41.2 Å². The average Bonchev–Trinajstić information content (AvgIpc) is 2.55. The Morgan fingerprint density at radius 3 is 2.43 bits per heavy atom. The highest BCUT2D eigenvalue weighted by Gasteiger charge is 2.01. The van der Waals surface area contributed by atoms with E-state index in [9.17, 15) is 4.79 Å². The van der Waals surface area contributed by atoms with Gasteiger partial charge in [-0.25, -0.2) is 5.43 Å². The molecule has 120 valence electrons. The molecule has 2 aromatic rings. The van der Waals surface area contributed by atoms with Gasteiger partial charge in [0.15, 0.2) is 0 Å². The summed E-state index contributed by atoms with van der Waals surface area (Å²) < 4.78 is 0. The molecule has 6 heteroatoms. The third kappa shape index (κ3) is 5.96. The summed E-state index contributed by atoms with van der Waals surface area (Å²) >= 11 is 7.26. The first-order valence-corrected chi connectivity index (χ1v) is 8.38. The van der Waals surface area contributed by atoms with E-state index in [4.69, 9.17) is 11.6 Å². The van der Waals surface area contributed by atoms with Gasteiger partial charge in [-0.05, 0) is 42.0 Å². The van der Waals surface area contributed by atoms with Gasteiger partial charge in [-0.15, -0.1) is 11.8 Å². The smallest absolute Gasteiger partial charge is 0.250 e. The fourth-order valence-electron chi connectivity index (χ4n) is 1.75. The number of halogens is 1. The van der Waals surface area contributed by atoms with E-state index >= 15 is 0 Å². The summed E-state index contributed by atoms with van der Waals surface area (Å²) in [5.41, 5.74) is 4.57. The van der Waals surface area contributed by atoms with E-state index in [2.05, 4.69) is 10.5 Å². The molecule has 1 amide bonds. The van der Waals surface area contributed by atoms with Crippen molar-refractivity contribution in [3.63, 3.8) is 0 Å². The zero-order valence-corrected chi connectivity index (χ0v) is 14.6. The average molecular weight is 348 g/mol. The van der Waals surface area contributed by atoms with Crippen LogP contribution in [0, 0.1) is 0 Å². The number of nitrogens with one attached hydrogen (secondary N) is 1. The number of thioether (sulfide) groups is 1. The van der Waals surface area contributed by atoms with Crippen molar-refractivity contribution < 1.29 is 4.79 Å². The van der Waals surface area contributed by atoms with Gasteiger partial charge >= 0.3 is 0 Å². The van der Waals surface area contributed by atoms with Crippen molar-refractivity contribution in [2.24, 2.45) is 5.10 Å². The van der Waals surface area contributed by atoms with Gasteiger partial charge < -0.3 is 4.90 Å². The van der Waals surface area contributed by atoms with Crippen LogP contribution in [0.3, 0.4) is 0 Å². The maximum absolute atomic E-state index is 11.7. The second-order valence-corrected chi connectivity index (χ2v) is 6.51. The predicted octanol–water partition coefficient (Wildman–Crippen LogP) is 3.65. The van der Waals surface area contributed by atoms with Crippen LogP contribution >= 0.6 is 23.4 Å². The van der Waals surface area contributed by atoms with E-state index in [1.807, 2.05) is 55.4 Å². The van der Waals surface area contributed by atoms with Crippen LogP contribution in [-0.2, 0) is 4.79 Å². The minimum atomic E-state index is -0.147. The van der Waals surface area contributed by atoms with Crippen LogP contribution in [-0.4, -0.2) is 32.0 Å². The largest absolute Gasteiger partial charge is 0.378 e. The Morgan fingerprint density at radius 2 is 1.83 bits per heavy atom. The van der Waals surface area contributed by atoms with Crippen LogP contribution < -0.4 is 10.3 Å². The number of carbonyl (C=O) groups excluding carboxylic acids is 1. The Labute approximate surface area is 145 Å². The van der Waals surface area contributed by atoms with Gasteiger partial charge in [0.1, 0.15) is 0 Å². The highest BCUT2D eigenvalue weighted by atomic mass is 35.5. The van der Waals surface area contributed by atoms with Gasteiger partial charge in [-0.2, -0.15) is 5.10 Å². The highest BCUT2D eigenvalue weighted by molar-refractivity contribution is 8.00.